The van der Waals surface area contributed by atoms with Gasteiger partial charge < -0.3 is 4.90 Å². The summed E-state index contributed by atoms with van der Waals surface area (Å²) in [4.78, 5) is 2.40. The molecule has 0 saturated carbocycles. The first kappa shape index (κ1) is 8.52. The Bertz CT molecular complexity index is 77.8. The third kappa shape index (κ3) is 2.53. The van der Waals surface area contributed by atoms with Crippen molar-refractivity contribution in [2.75, 3.05) is 13.6 Å². The predicted octanol–water partition coefficient (Wildman–Crippen LogP) is 1.35. The molecule has 9 heavy (non-hydrogen) atoms. The molecule has 1 aliphatic heterocycles. The van der Waals surface area contributed by atoms with Gasteiger partial charge in [-0.2, -0.15) is 0 Å². The van der Waals surface area contributed by atoms with Crippen LogP contribution in [-0.4, -0.2) is 24.5 Å². The maximum Gasteiger partial charge on any atom is 0.00643 e. The van der Waals surface area contributed by atoms with E-state index in [0.29, 0.717) is 0 Å². The lowest BCUT2D eigenvalue weighted by molar-refractivity contribution is 0.331. The molecule has 0 spiro atoms. The Hall–Kier alpha value is -0.480. The van der Waals surface area contributed by atoms with Crippen LogP contribution >= 0.6 is 0 Å². The Balaban J connectivity index is 0.000000291. The van der Waals surface area contributed by atoms with E-state index in [0.717, 1.165) is 6.04 Å². The molecule has 1 aliphatic rings. The molecule has 1 nitrogen and oxygen atoms in total. The molecule has 0 aliphatic carbocycles. The maximum absolute atomic E-state index is 4.00. The molecular weight excluding hydrogens is 110 g/mol. The number of likely N-dealkylation sites (tertiary alicyclic amines) is 1. The minimum absolute atomic E-state index is 0.847. The highest BCUT2D eigenvalue weighted by atomic mass is 15.1. The van der Waals surface area contributed by atoms with Crippen LogP contribution in [0.15, 0.2) is 0 Å². The summed E-state index contributed by atoms with van der Waals surface area (Å²) in [5, 5.41) is 0. The molecule has 0 aromatic carbocycles. The van der Waals surface area contributed by atoms with E-state index in [1.54, 1.807) is 0 Å². The van der Waals surface area contributed by atoms with Crippen LogP contribution in [0, 0.1) is 12.8 Å². The first-order valence-corrected chi connectivity index (χ1v) is 3.34. The van der Waals surface area contributed by atoms with E-state index in [1.165, 1.54) is 19.4 Å². The lowest BCUT2D eigenvalue weighted by Gasteiger charge is -2.12. The molecule has 1 rings (SSSR count). The fraction of sp³-hybridized carbons (Fsp3) is 0.750. The largest absolute Gasteiger partial charge is 0.304 e. The summed E-state index contributed by atoms with van der Waals surface area (Å²) in [5.74, 6) is 0. The number of rotatable bonds is 0. The molecule has 52 valence electrons. The summed E-state index contributed by atoms with van der Waals surface area (Å²) >= 11 is 0. The Morgan fingerprint density at radius 1 is 1.44 bits per heavy atom. The van der Waals surface area contributed by atoms with E-state index in [4.69, 9.17) is 0 Å². The zero-order valence-electron chi connectivity index (χ0n) is 6.30. The molecule has 1 heterocycles. The molecule has 0 amide bonds. The van der Waals surface area contributed by atoms with Crippen molar-refractivity contribution in [2.24, 2.45) is 0 Å². The van der Waals surface area contributed by atoms with Crippen LogP contribution in [0.25, 0.3) is 0 Å². The summed E-state index contributed by atoms with van der Waals surface area (Å²) in [6.45, 7) is 3.59. The molecule has 0 bridgehead atoms. The molecule has 0 radical (unpaired) electrons. The smallest absolute Gasteiger partial charge is 0.00643 e. The minimum atomic E-state index is 0.847. The van der Waals surface area contributed by atoms with Gasteiger partial charge in [-0.05, 0) is 33.4 Å². The van der Waals surface area contributed by atoms with Gasteiger partial charge in [-0.15, -0.1) is 12.8 Å². The number of hydrogen-bond donors (Lipinski definition) is 0. The predicted molar refractivity (Wildman–Crippen MR) is 41.2 cm³/mol. The molecular formula is C8H15N. The van der Waals surface area contributed by atoms with Gasteiger partial charge in [-0.3, -0.25) is 0 Å². The fourth-order valence-electron chi connectivity index (χ4n) is 1.08. The molecule has 0 aromatic heterocycles. The molecule has 0 N–H and O–H groups in total. The minimum Gasteiger partial charge on any atom is -0.304 e. The topological polar surface area (TPSA) is 3.24 Å². The lowest BCUT2D eigenvalue weighted by Crippen LogP contribution is -2.20. The van der Waals surface area contributed by atoms with Crippen LogP contribution in [0.5, 0.6) is 0 Å². The van der Waals surface area contributed by atoms with Crippen molar-refractivity contribution in [2.45, 2.75) is 25.8 Å². The maximum atomic E-state index is 4.00. The first-order valence-electron chi connectivity index (χ1n) is 3.34. The molecule has 1 saturated heterocycles. The van der Waals surface area contributed by atoms with Crippen molar-refractivity contribution in [1.29, 1.82) is 0 Å². The van der Waals surface area contributed by atoms with Crippen molar-refractivity contribution in [1.82, 2.24) is 4.90 Å². The Morgan fingerprint density at radius 3 is 2.11 bits per heavy atom. The van der Waals surface area contributed by atoms with Crippen LogP contribution in [-0.2, 0) is 0 Å². The van der Waals surface area contributed by atoms with Gasteiger partial charge in [0.25, 0.3) is 0 Å². The lowest BCUT2D eigenvalue weighted by atomic mass is 10.3. The van der Waals surface area contributed by atoms with E-state index in [9.17, 15) is 0 Å². The summed E-state index contributed by atoms with van der Waals surface area (Å²) in [7, 11) is 2.19. The van der Waals surface area contributed by atoms with Gasteiger partial charge in [-0.25, -0.2) is 0 Å². The summed E-state index contributed by atoms with van der Waals surface area (Å²) in [6.07, 6.45) is 10.8. The van der Waals surface area contributed by atoms with Crippen LogP contribution < -0.4 is 0 Å². The van der Waals surface area contributed by atoms with E-state index >= 15 is 0 Å². The molecule has 1 fully saturated rings. The second kappa shape index (κ2) is 4.40. The second-order valence-corrected chi connectivity index (χ2v) is 2.47. The highest BCUT2D eigenvalue weighted by molar-refractivity contribution is 4.70. The summed E-state index contributed by atoms with van der Waals surface area (Å²) in [6, 6.07) is 0.847. The average molecular weight is 125 g/mol. The Labute approximate surface area is 58.1 Å². The van der Waals surface area contributed by atoms with Gasteiger partial charge in [-0.1, -0.05) is 0 Å². The zero-order chi connectivity index (χ0) is 7.28. The quantitative estimate of drug-likeness (QED) is 0.442. The van der Waals surface area contributed by atoms with Gasteiger partial charge in [0.1, 0.15) is 0 Å². The van der Waals surface area contributed by atoms with Gasteiger partial charge >= 0.3 is 0 Å². The van der Waals surface area contributed by atoms with Crippen molar-refractivity contribution in [3.05, 3.63) is 0 Å². The zero-order valence-corrected chi connectivity index (χ0v) is 6.30. The van der Waals surface area contributed by atoms with E-state index < -0.39 is 0 Å². The fourth-order valence-corrected chi connectivity index (χ4v) is 1.08. The van der Waals surface area contributed by atoms with Crippen molar-refractivity contribution < 1.29 is 0 Å². The first-order chi connectivity index (χ1) is 4.30. The summed E-state index contributed by atoms with van der Waals surface area (Å²) in [5.41, 5.74) is 0. The monoisotopic (exact) mass is 125 g/mol. The number of hydrogen-bond acceptors (Lipinski definition) is 1. The van der Waals surface area contributed by atoms with E-state index in [1.807, 2.05) is 0 Å². The Kier molecular flexibility index (Phi) is 4.17. The second-order valence-electron chi connectivity index (χ2n) is 2.47. The number of terminal acetylenes is 1. The highest BCUT2D eigenvalue weighted by Crippen LogP contribution is 2.12. The van der Waals surface area contributed by atoms with Crippen LogP contribution in [0.4, 0.5) is 0 Å². The third-order valence-electron chi connectivity index (χ3n) is 1.89. The van der Waals surface area contributed by atoms with Crippen LogP contribution in [0.1, 0.15) is 19.8 Å². The van der Waals surface area contributed by atoms with E-state index in [2.05, 4.69) is 31.7 Å². The highest BCUT2D eigenvalue weighted by Gasteiger charge is 2.14. The van der Waals surface area contributed by atoms with Crippen LogP contribution in [0.3, 0.4) is 0 Å². The van der Waals surface area contributed by atoms with Crippen molar-refractivity contribution in [3.63, 3.8) is 0 Å². The van der Waals surface area contributed by atoms with Crippen molar-refractivity contribution >= 4 is 0 Å². The van der Waals surface area contributed by atoms with Gasteiger partial charge in [0.15, 0.2) is 0 Å². The molecule has 1 heteroatoms. The van der Waals surface area contributed by atoms with Gasteiger partial charge in [0.05, 0.1) is 0 Å². The van der Waals surface area contributed by atoms with Crippen molar-refractivity contribution in [3.8, 4) is 12.8 Å². The van der Waals surface area contributed by atoms with Gasteiger partial charge in [0, 0.05) is 6.04 Å². The molecule has 0 aromatic rings. The molecule has 1 atom stereocenters. The SMILES string of the molecule is C#C.C[C@@H]1CCCN1C. The van der Waals surface area contributed by atoms with Gasteiger partial charge in [0.2, 0.25) is 0 Å². The summed E-state index contributed by atoms with van der Waals surface area (Å²) < 4.78 is 0. The number of nitrogens with zero attached hydrogens (tertiary/aromatic N) is 1. The normalized spacial score (nSPS) is 26.9. The van der Waals surface area contributed by atoms with E-state index in [-0.39, 0.29) is 0 Å². The standard InChI is InChI=1S/C6H13N.C2H2/c1-6-4-3-5-7(6)2;1-2/h6H,3-5H2,1-2H3;1-2H/t6-;/m1./s1. The molecule has 0 unspecified atom stereocenters. The van der Waals surface area contributed by atoms with Crippen LogP contribution in [0.2, 0.25) is 0 Å². The Morgan fingerprint density at radius 2 is 2.00 bits per heavy atom. The average Bonchev–Trinajstić information content (AvgIpc) is 2.23. The third-order valence-corrected chi connectivity index (χ3v) is 1.89.